The molecule has 124 valence electrons. The molecule has 1 amide bonds. The molecule has 2 aromatic rings. The number of fused-ring (bicyclic) bond motifs is 1. The minimum atomic E-state index is -0.304. The Bertz CT molecular complexity index is 774. The molecule has 0 saturated carbocycles. The summed E-state index contributed by atoms with van der Waals surface area (Å²) in [4.78, 5) is 31.2. The monoisotopic (exact) mass is 336 g/mol. The van der Waals surface area contributed by atoms with E-state index in [1.54, 1.807) is 11.1 Å². The minimum Gasteiger partial charge on any atom is -0.337 e. The van der Waals surface area contributed by atoms with E-state index < -0.39 is 0 Å². The molecule has 1 atom stereocenters. The summed E-state index contributed by atoms with van der Waals surface area (Å²) < 4.78 is 1.43. The average Bonchev–Trinajstić information content (AvgIpc) is 2.54. The van der Waals surface area contributed by atoms with Crippen molar-refractivity contribution in [3.63, 3.8) is 0 Å². The largest absolute Gasteiger partial charge is 0.337 e. The number of likely N-dealkylation sites (N-methyl/N-ethyl adjacent to an activating group) is 1. The summed E-state index contributed by atoms with van der Waals surface area (Å²) in [5.74, 6) is -0.229. The molecule has 1 fully saturated rings. The Balaban J connectivity index is 0.00000192. The zero-order valence-electron chi connectivity index (χ0n) is 13.3. The van der Waals surface area contributed by atoms with E-state index >= 15 is 0 Å². The fourth-order valence-corrected chi connectivity index (χ4v) is 2.89. The highest BCUT2D eigenvalue weighted by Crippen LogP contribution is 2.12. The molecular weight excluding hydrogens is 316 g/mol. The summed E-state index contributed by atoms with van der Waals surface area (Å²) >= 11 is 0. The zero-order chi connectivity index (χ0) is 15.7. The number of pyridine rings is 1. The van der Waals surface area contributed by atoms with Crippen molar-refractivity contribution in [3.05, 3.63) is 46.0 Å². The summed E-state index contributed by atoms with van der Waals surface area (Å²) in [5, 5.41) is 3.20. The van der Waals surface area contributed by atoms with E-state index in [0.29, 0.717) is 18.7 Å². The van der Waals surface area contributed by atoms with Gasteiger partial charge in [0.1, 0.15) is 11.2 Å². The van der Waals surface area contributed by atoms with Crippen LogP contribution in [-0.2, 0) is 0 Å². The van der Waals surface area contributed by atoms with Gasteiger partial charge in [0.2, 0.25) is 0 Å². The molecule has 1 saturated heterocycles. The summed E-state index contributed by atoms with van der Waals surface area (Å²) in [7, 11) is 1.90. The van der Waals surface area contributed by atoms with Gasteiger partial charge in [-0.3, -0.25) is 14.0 Å². The van der Waals surface area contributed by atoms with Gasteiger partial charge in [0.05, 0.1) is 0 Å². The molecule has 3 rings (SSSR count). The number of piperidine rings is 1. The van der Waals surface area contributed by atoms with Gasteiger partial charge in [0.25, 0.3) is 11.5 Å². The third-order valence-electron chi connectivity index (χ3n) is 4.21. The Morgan fingerprint density at radius 3 is 2.96 bits per heavy atom. The number of rotatable bonds is 2. The maximum Gasteiger partial charge on any atom is 0.270 e. The molecule has 2 aromatic heterocycles. The first-order chi connectivity index (χ1) is 10.6. The number of nitrogens with zero attached hydrogens (tertiary/aromatic N) is 3. The van der Waals surface area contributed by atoms with Gasteiger partial charge in [-0.15, -0.1) is 12.4 Å². The Morgan fingerprint density at radius 2 is 2.22 bits per heavy atom. The number of nitrogens with one attached hydrogen (secondary N) is 1. The van der Waals surface area contributed by atoms with Crippen molar-refractivity contribution in [1.29, 1.82) is 0 Å². The van der Waals surface area contributed by atoms with Gasteiger partial charge >= 0.3 is 0 Å². The van der Waals surface area contributed by atoms with Gasteiger partial charge in [-0.1, -0.05) is 0 Å². The van der Waals surface area contributed by atoms with Crippen LogP contribution in [0.4, 0.5) is 0 Å². The van der Waals surface area contributed by atoms with Crippen LogP contribution in [0.25, 0.3) is 5.65 Å². The molecule has 6 nitrogen and oxygen atoms in total. The molecule has 0 aliphatic carbocycles. The summed E-state index contributed by atoms with van der Waals surface area (Å²) in [6, 6.07) is 3.95. The molecule has 3 heterocycles. The highest BCUT2D eigenvalue weighted by atomic mass is 35.5. The number of carbonyl (C=O) groups excluding carboxylic acids is 1. The van der Waals surface area contributed by atoms with Crippen LogP contribution in [-0.4, -0.2) is 46.4 Å². The predicted octanol–water partition coefficient (Wildman–Crippen LogP) is 1.25. The molecule has 0 radical (unpaired) electrons. The Morgan fingerprint density at radius 1 is 1.43 bits per heavy atom. The van der Waals surface area contributed by atoms with Crippen molar-refractivity contribution >= 4 is 24.0 Å². The standard InChI is InChI=1S/C16H20N4O2.ClH/c1-11-5-7-20-14(8-11)18-9-13(16(20)22)15(21)19-6-3-4-12(10-19)17-2;/h5,7-9,12,17H,3-4,6,10H2,1-2H3;1H. The van der Waals surface area contributed by atoms with Crippen molar-refractivity contribution in [2.75, 3.05) is 20.1 Å². The second kappa shape index (κ2) is 7.10. The molecule has 7 heteroatoms. The van der Waals surface area contributed by atoms with Crippen molar-refractivity contribution in [2.45, 2.75) is 25.8 Å². The Kier molecular flexibility index (Phi) is 5.38. The van der Waals surface area contributed by atoms with Crippen LogP contribution in [0.15, 0.2) is 29.3 Å². The van der Waals surface area contributed by atoms with Crippen LogP contribution in [0.1, 0.15) is 28.8 Å². The number of halogens is 1. The van der Waals surface area contributed by atoms with E-state index in [0.717, 1.165) is 18.4 Å². The van der Waals surface area contributed by atoms with Crippen LogP contribution < -0.4 is 10.9 Å². The maximum atomic E-state index is 12.6. The molecule has 1 aliphatic rings. The van der Waals surface area contributed by atoms with Gasteiger partial charge in [-0.25, -0.2) is 4.98 Å². The van der Waals surface area contributed by atoms with Crippen LogP contribution in [0, 0.1) is 6.92 Å². The average molecular weight is 337 g/mol. The zero-order valence-corrected chi connectivity index (χ0v) is 14.1. The fourth-order valence-electron chi connectivity index (χ4n) is 2.89. The fraction of sp³-hybridized carbons (Fsp3) is 0.438. The quantitative estimate of drug-likeness (QED) is 0.896. The van der Waals surface area contributed by atoms with Crippen LogP contribution in [0.3, 0.4) is 0 Å². The first-order valence-electron chi connectivity index (χ1n) is 7.54. The van der Waals surface area contributed by atoms with Crippen molar-refractivity contribution < 1.29 is 4.79 Å². The molecule has 0 spiro atoms. The van der Waals surface area contributed by atoms with Crippen molar-refractivity contribution in [1.82, 2.24) is 19.6 Å². The lowest BCUT2D eigenvalue weighted by Crippen LogP contribution is -2.48. The van der Waals surface area contributed by atoms with Gasteiger partial charge in [0, 0.05) is 31.5 Å². The number of aromatic nitrogens is 2. The first kappa shape index (κ1) is 17.4. The lowest BCUT2D eigenvalue weighted by molar-refractivity contribution is 0.0695. The third kappa shape index (κ3) is 3.38. The minimum absolute atomic E-state index is 0. The number of carbonyl (C=O) groups is 1. The molecule has 23 heavy (non-hydrogen) atoms. The van der Waals surface area contributed by atoms with Crippen LogP contribution in [0.2, 0.25) is 0 Å². The normalized spacial score (nSPS) is 17.8. The number of hydrogen-bond donors (Lipinski definition) is 1. The van der Waals surface area contributed by atoms with E-state index in [4.69, 9.17) is 0 Å². The summed E-state index contributed by atoms with van der Waals surface area (Å²) in [6.45, 7) is 3.26. The lowest BCUT2D eigenvalue weighted by atomic mass is 10.1. The number of aryl methyl sites for hydroxylation is 1. The molecule has 0 aromatic carbocycles. The first-order valence-corrected chi connectivity index (χ1v) is 7.54. The SMILES string of the molecule is CNC1CCCN(C(=O)c2cnc3cc(C)ccn3c2=O)C1.Cl. The maximum absolute atomic E-state index is 12.6. The second-order valence-electron chi connectivity index (χ2n) is 5.79. The van der Waals surface area contributed by atoms with Gasteiger partial charge in [-0.2, -0.15) is 0 Å². The molecule has 0 bridgehead atoms. The molecule has 1 aliphatic heterocycles. The third-order valence-corrected chi connectivity index (χ3v) is 4.21. The van der Waals surface area contributed by atoms with E-state index in [9.17, 15) is 9.59 Å². The predicted molar refractivity (Wildman–Crippen MR) is 91.4 cm³/mol. The number of hydrogen-bond acceptors (Lipinski definition) is 4. The molecule has 1 unspecified atom stereocenters. The Hall–Kier alpha value is -1.92. The smallest absolute Gasteiger partial charge is 0.270 e. The highest BCUT2D eigenvalue weighted by Gasteiger charge is 2.25. The van der Waals surface area contributed by atoms with Gasteiger partial charge in [0.15, 0.2) is 0 Å². The van der Waals surface area contributed by atoms with Gasteiger partial charge in [-0.05, 0) is 44.5 Å². The second-order valence-corrected chi connectivity index (χ2v) is 5.79. The van der Waals surface area contributed by atoms with E-state index in [2.05, 4.69) is 10.3 Å². The van der Waals surface area contributed by atoms with Crippen molar-refractivity contribution in [2.24, 2.45) is 0 Å². The lowest BCUT2D eigenvalue weighted by Gasteiger charge is -2.32. The Labute approximate surface area is 140 Å². The summed E-state index contributed by atoms with van der Waals surface area (Å²) in [5.41, 5.74) is 1.42. The molecule has 1 N–H and O–H groups in total. The number of amides is 1. The topological polar surface area (TPSA) is 66.7 Å². The van der Waals surface area contributed by atoms with E-state index in [-0.39, 0.29) is 35.5 Å². The van der Waals surface area contributed by atoms with Crippen LogP contribution >= 0.6 is 12.4 Å². The van der Waals surface area contributed by atoms with Crippen LogP contribution in [0.5, 0.6) is 0 Å². The summed E-state index contributed by atoms with van der Waals surface area (Å²) in [6.07, 6.45) is 5.07. The van der Waals surface area contributed by atoms with Gasteiger partial charge < -0.3 is 10.2 Å². The van der Waals surface area contributed by atoms with E-state index in [1.165, 1.54) is 10.6 Å². The van der Waals surface area contributed by atoms with Crippen molar-refractivity contribution in [3.8, 4) is 0 Å². The molecular formula is C16H21ClN4O2. The van der Waals surface area contributed by atoms with E-state index in [1.807, 2.05) is 26.1 Å². The number of likely N-dealkylation sites (tertiary alicyclic amines) is 1. The highest BCUT2D eigenvalue weighted by molar-refractivity contribution is 5.93.